The van der Waals surface area contributed by atoms with Crippen LogP contribution in [0.15, 0.2) is 36.5 Å². The van der Waals surface area contributed by atoms with E-state index in [9.17, 15) is 4.79 Å². The van der Waals surface area contributed by atoms with Gasteiger partial charge in [0.1, 0.15) is 11.4 Å². The normalized spacial score (nSPS) is 12.6. The van der Waals surface area contributed by atoms with E-state index in [2.05, 4.69) is 21.9 Å². The predicted molar refractivity (Wildman–Crippen MR) is 93.5 cm³/mol. The summed E-state index contributed by atoms with van der Waals surface area (Å²) in [5.41, 5.74) is 6.37. The Labute approximate surface area is 140 Å². The molecule has 0 aliphatic heterocycles. The lowest BCUT2D eigenvalue weighted by Gasteiger charge is -2.17. The Bertz CT molecular complexity index is 943. The van der Waals surface area contributed by atoms with Gasteiger partial charge in [-0.2, -0.15) is 0 Å². The number of ether oxygens (including phenoxy) is 1. The predicted octanol–water partition coefficient (Wildman–Crippen LogP) is 3.46. The highest BCUT2D eigenvalue weighted by molar-refractivity contribution is 5.89. The number of imidazole rings is 1. The molecule has 0 spiro atoms. The SMILES string of the molecule is CCOc1ccn2c3c(nc2c1)-c1ccc(NC(C)=O)cc1CC3. The van der Waals surface area contributed by atoms with Crippen molar-refractivity contribution >= 4 is 17.2 Å². The molecule has 1 N–H and O–H groups in total. The number of carbonyl (C=O) groups excluding carboxylic acids is 1. The van der Waals surface area contributed by atoms with Crippen LogP contribution >= 0.6 is 0 Å². The van der Waals surface area contributed by atoms with Crippen molar-refractivity contribution in [2.75, 3.05) is 11.9 Å². The van der Waals surface area contributed by atoms with Gasteiger partial charge in [0.15, 0.2) is 0 Å². The van der Waals surface area contributed by atoms with E-state index in [0.29, 0.717) is 6.61 Å². The second kappa shape index (κ2) is 5.67. The maximum atomic E-state index is 11.2. The molecule has 122 valence electrons. The average molecular weight is 321 g/mol. The van der Waals surface area contributed by atoms with Crippen LogP contribution in [0.3, 0.4) is 0 Å². The Morgan fingerprint density at radius 1 is 1.29 bits per heavy atom. The van der Waals surface area contributed by atoms with Crippen molar-refractivity contribution in [3.8, 4) is 17.0 Å². The van der Waals surface area contributed by atoms with E-state index in [0.717, 1.165) is 41.2 Å². The molecule has 0 saturated heterocycles. The van der Waals surface area contributed by atoms with Crippen LogP contribution in [-0.4, -0.2) is 21.9 Å². The van der Waals surface area contributed by atoms with Gasteiger partial charge in [0.2, 0.25) is 5.91 Å². The molecule has 5 nitrogen and oxygen atoms in total. The number of amides is 1. The van der Waals surface area contributed by atoms with Gasteiger partial charge in [-0.1, -0.05) is 6.07 Å². The Kier molecular flexibility index (Phi) is 3.49. The van der Waals surface area contributed by atoms with Crippen LogP contribution in [0.2, 0.25) is 0 Å². The minimum atomic E-state index is -0.0531. The molecule has 1 amide bonds. The lowest BCUT2D eigenvalue weighted by molar-refractivity contribution is -0.114. The first kappa shape index (κ1) is 14.8. The van der Waals surface area contributed by atoms with Crippen LogP contribution in [-0.2, 0) is 17.6 Å². The van der Waals surface area contributed by atoms with Gasteiger partial charge in [-0.25, -0.2) is 4.98 Å². The van der Waals surface area contributed by atoms with Crippen LogP contribution in [0.4, 0.5) is 5.69 Å². The van der Waals surface area contributed by atoms with Gasteiger partial charge in [-0.15, -0.1) is 0 Å². The Morgan fingerprint density at radius 3 is 2.96 bits per heavy atom. The molecule has 1 aromatic carbocycles. The number of aryl methyl sites for hydroxylation is 2. The molecule has 0 fully saturated rings. The smallest absolute Gasteiger partial charge is 0.221 e. The zero-order valence-corrected chi connectivity index (χ0v) is 13.8. The summed E-state index contributed by atoms with van der Waals surface area (Å²) in [6.45, 7) is 4.14. The van der Waals surface area contributed by atoms with Crippen molar-refractivity contribution in [1.82, 2.24) is 9.38 Å². The van der Waals surface area contributed by atoms with Crippen molar-refractivity contribution in [1.29, 1.82) is 0 Å². The fourth-order valence-electron chi connectivity index (χ4n) is 3.35. The number of hydrogen-bond donors (Lipinski definition) is 1. The van der Waals surface area contributed by atoms with E-state index < -0.39 is 0 Å². The third kappa shape index (κ3) is 2.42. The number of benzene rings is 1. The van der Waals surface area contributed by atoms with Crippen molar-refractivity contribution in [3.63, 3.8) is 0 Å². The first-order valence-corrected chi connectivity index (χ1v) is 8.20. The van der Waals surface area contributed by atoms with Crippen molar-refractivity contribution in [3.05, 3.63) is 47.8 Å². The summed E-state index contributed by atoms with van der Waals surface area (Å²) in [5.74, 6) is 0.788. The number of nitrogens with one attached hydrogen (secondary N) is 1. The maximum absolute atomic E-state index is 11.2. The lowest BCUT2D eigenvalue weighted by atomic mass is 9.92. The quantitative estimate of drug-likeness (QED) is 0.804. The zero-order valence-electron chi connectivity index (χ0n) is 13.8. The molecule has 0 atom stereocenters. The largest absolute Gasteiger partial charge is 0.494 e. The van der Waals surface area contributed by atoms with Gasteiger partial charge in [0.05, 0.1) is 18.0 Å². The van der Waals surface area contributed by atoms with E-state index in [1.165, 1.54) is 18.2 Å². The molecule has 4 rings (SSSR count). The fourth-order valence-corrected chi connectivity index (χ4v) is 3.35. The third-order valence-corrected chi connectivity index (χ3v) is 4.32. The number of carbonyl (C=O) groups is 1. The van der Waals surface area contributed by atoms with Gasteiger partial charge in [0, 0.05) is 30.4 Å². The topological polar surface area (TPSA) is 55.6 Å². The summed E-state index contributed by atoms with van der Waals surface area (Å²) < 4.78 is 7.72. The number of rotatable bonds is 3. The van der Waals surface area contributed by atoms with Crippen LogP contribution < -0.4 is 10.1 Å². The fraction of sp³-hybridized carbons (Fsp3) is 0.263. The van der Waals surface area contributed by atoms with Crippen LogP contribution in [0.5, 0.6) is 5.75 Å². The van der Waals surface area contributed by atoms with Crippen molar-refractivity contribution in [2.24, 2.45) is 0 Å². The molecule has 1 aliphatic carbocycles. The molecular formula is C19H19N3O2. The van der Waals surface area contributed by atoms with Crippen LogP contribution in [0.1, 0.15) is 25.1 Å². The zero-order chi connectivity index (χ0) is 16.7. The molecule has 1 aliphatic rings. The van der Waals surface area contributed by atoms with Crippen molar-refractivity contribution < 1.29 is 9.53 Å². The van der Waals surface area contributed by atoms with Gasteiger partial charge in [-0.05, 0) is 43.5 Å². The molecule has 24 heavy (non-hydrogen) atoms. The van der Waals surface area contributed by atoms with Gasteiger partial charge >= 0.3 is 0 Å². The van der Waals surface area contributed by atoms with E-state index >= 15 is 0 Å². The monoisotopic (exact) mass is 321 g/mol. The van der Waals surface area contributed by atoms with Gasteiger partial charge in [-0.3, -0.25) is 4.79 Å². The molecular weight excluding hydrogens is 302 g/mol. The minimum Gasteiger partial charge on any atom is -0.494 e. The molecule has 3 aromatic rings. The minimum absolute atomic E-state index is 0.0531. The number of pyridine rings is 1. The second-order valence-corrected chi connectivity index (χ2v) is 5.98. The van der Waals surface area contributed by atoms with E-state index in [1.807, 2.05) is 31.3 Å². The summed E-state index contributed by atoms with van der Waals surface area (Å²) in [4.78, 5) is 16.1. The number of aromatic nitrogens is 2. The highest BCUT2D eigenvalue weighted by Gasteiger charge is 2.22. The third-order valence-electron chi connectivity index (χ3n) is 4.32. The summed E-state index contributed by atoms with van der Waals surface area (Å²) in [5, 5.41) is 2.85. The molecule has 5 heteroatoms. The standard InChI is InChI=1S/C19H19N3O2/c1-3-24-15-8-9-22-17-7-4-13-10-14(20-12(2)23)5-6-16(13)19(17)21-18(22)11-15/h5-6,8-11H,3-4,7H2,1-2H3,(H,20,23). The molecule has 0 saturated carbocycles. The summed E-state index contributed by atoms with van der Waals surface area (Å²) in [6, 6.07) is 10.00. The number of anilines is 1. The summed E-state index contributed by atoms with van der Waals surface area (Å²) in [7, 11) is 0. The molecule has 0 radical (unpaired) electrons. The van der Waals surface area contributed by atoms with Crippen LogP contribution in [0, 0.1) is 0 Å². The summed E-state index contributed by atoms with van der Waals surface area (Å²) in [6.07, 6.45) is 3.90. The maximum Gasteiger partial charge on any atom is 0.221 e. The molecule has 0 unspecified atom stereocenters. The molecule has 2 heterocycles. The van der Waals surface area contributed by atoms with Gasteiger partial charge < -0.3 is 14.5 Å². The first-order valence-electron chi connectivity index (χ1n) is 8.20. The number of hydrogen-bond acceptors (Lipinski definition) is 3. The first-order chi connectivity index (χ1) is 11.7. The average Bonchev–Trinajstić information content (AvgIpc) is 2.92. The Hall–Kier alpha value is -2.82. The second-order valence-electron chi connectivity index (χ2n) is 5.98. The Balaban J connectivity index is 1.80. The van der Waals surface area contributed by atoms with Crippen molar-refractivity contribution in [2.45, 2.75) is 26.7 Å². The summed E-state index contributed by atoms with van der Waals surface area (Å²) >= 11 is 0. The molecule has 2 aromatic heterocycles. The van der Waals surface area contributed by atoms with Crippen LogP contribution in [0.25, 0.3) is 16.9 Å². The molecule has 0 bridgehead atoms. The highest BCUT2D eigenvalue weighted by atomic mass is 16.5. The van der Waals surface area contributed by atoms with E-state index in [1.54, 1.807) is 0 Å². The number of nitrogens with zero attached hydrogens (tertiary/aromatic N) is 2. The van der Waals surface area contributed by atoms with Gasteiger partial charge in [0.25, 0.3) is 0 Å². The highest BCUT2D eigenvalue weighted by Crippen LogP contribution is 2.35. The lowest BCUT2D eigenvalue weighted by Crippen LogP contribution is -2.09. The number of fused-ring (bicyclic) bond motifs is 5. The van der Waals surface area contributed by atoms with E-state index in [-0.39, 0.29) is 5.91 Å². The van der Waals surface area contributed by atoms with E-state index in [4.69, 9.17) is 9.72 Å². The Morgan fingerprint density at radius 2 is 2.17 bits per heavy atom.